The lowest BCUT2D eigenvalue weighted by molar-refractivity contribution is -0.184. The third-order valence-electron chi connectivity index (χ3n) is 2.30. The van der Waals surface area contributed by atoms with Crippen molar-refractivity contribution in [1.82, 2.24) is 4.90 Å². The summed E-state index contributed by atoms with van der Waals surface area (Å²) in [6, 6.07) is 6.48. The largest absolute Gasteiger partial charge is 0.490 e. The van der Waals surface area contributed by atoms with Crippen LogP contribution in [0.1, 0.15) is 5.56 Å². The lowest BCUT2D eigenvalue weighted by atomic mass is 10.2. The number of carbonyl (C=O) groups is 1. The number of alkyl halides is 3. The standard InChI is InChI=1S/C13H14F3NO2/c1-3-8-19-11-6-4-10(5-7-11)9-17(2)12(18)13(14,15)16/h3-7H,1,8-9H2,2H3. The van der Waals surface area contributed by atoms with Gasteiger partial charge in [0.1, 0.15) is 12.4 Å². The number of carbonyl (C=O) groups excluding carboxylic acids is 1. The quantitative estimate of drug-likeness (QED) is 0.772. The van der Waals surface area contributed by atoms with E-state index in [0.29, 0.717) is 22.8 Å². The predicted molar refractivity (Wildman–Crippen MR) is 64.7 cm³/mol. The van der Waals surface area contributed by atoms with Crippen LogP contribution in [0.3, 0.4) is 0 Å². The molecule has 0 saturated heterocycles. The van der Waals surface area contributed by atoms with E-state index < -0.39 is 12.1 Å². The first-order valence-corrected chi connectivity index (χ1v) is 5.49. The van der Waals surface area contributed by atoms with E-state index >= 15 is 0 Å². The number of rotatable bonds is 5. The molecule has 1 rings (SSSR count). The molecule has 3 nitrogen and oxygen atoms in total. The molecule has 0 N–H and O–H groups in total. The molecule has 0 aliphatic rings. The molecule has 0 radical (unpaired) electrons. The van der Waals surface area contributed by atoms with Gasteiger partial charge in [0.05, 0.1) is 0 Å². The van der Waals surface area contributed by atoms with E-state index in [1.54, 1.807) is 30.3 Å². The topological polar surface area (TPSA) is 29.5 Å². The van der Waals surface area contributed by atoms with Crippen LogP contribution in [0.25, 0.3) is 0 Å². The van der Waals surface area contributed by atoms with Gasteiger partial charge in [-0.05, 0) is 17.7 Å². The first kappa shape index (κ1) is 15.1. The zero-order chi connectivity index (χ0) is 14.5. The molecule has 0 aliphatic carbocycles. The molecule has 0 aliphatic heterocycles. The van der Waals surface area contributed by atoms with E-state index in [9.17, 15) is 18.0 Å². The van der Waals surface area contributed by atoms with Crippen LogP contribution >= 0.6 is 0 Å². The van der Waals surface area contributed by atoms with Gasteiger partial charge in [0.15, 0.2) is 0 Å². The molecule has 1 aromatic carbocycles. The summed E-state index contributed by atoms with van der Waals surface area (Å²) in [6.07, 6.45) is -3.26. The zero-order valence-corrected chi connectivity index (χ0v) is 10.4. The summed E-state index contributed by atoms with van der Waals surface area (Å²) >= 11 is 0. The Morgan fingerprint density at radius 2 is 1.95 bits per heavy atom. The summed E-state index contributed by atoms with van der Waals surface area (Å²) in [5.74, 6) is -1.27. The monoisotopic (exact) mass is 273 g/mol. The van der Waals surface area contributed by atoms with Gasteiger partial charge >= 0.3 is 12.1 Å². The van der Waals surface area contributed by atoms with Gasteiger partial charge < -0.3 is 9.64 Å². The van der Waals surface area contributed by atoms with Crippen molar-refractivity contribution < 1.29 is 22.7 Å². The summed E-state index contributed by atoms with van der Waals surface area (Å²) < 4.78 is 41.8. The Hall–Kier alpha value is -1.98. The molecule has 1 amide bonds. The zero-order valence-electron chi connectivity index (χ0n) is 10.4. The van der Waals surface area contributed by atoms with Crippen LogP contribution < -0.4 is 4.74 Å². The number of ether oxygens (including phenoxy) is 1. The van der Waals surface area contributed by atoms with Crippen molar-refractivity contribution >= 4 is 5.91 Å². The van der Waals surface area contributed by atoms with Crippen LogP contribution in [0, 0.1) is 0 Å². The maximum Gasteiger partial charge on any atom is 0.471 e. The highest BCUT2D eigenvalue weighted by Crippen LogP contribution is 2.19. The molecular weight excluding hydrogens is 259 g/mol. The van der Waals surface area contributed by atoms with Gasteiger partial charge in [0.2, 0.25) is 0 Å². The molecule has 0 fully saturated rings. The number of benzene rings is 1. The van der Waals surface area contributed by atoms with E-state index in [2.05, 4.69) is 6.58 Å². The summed E-state index contributed by atoms with van der Waals surface area (Å²) in [5.41, 5.74) is 0.589. The van der Waals surface area contributed by atoms with E-state index in [0.717, 1.165) is 7.05 Å². The molecule has 0 atom stereocenters. The molecule has 19 heavy (non-hydrogen) atoms. The predicted octanol–water partition coefficient (Wildman–Crippen LogP) is 2.77. The molecule has 0 bridgehead atoms. The Morgan fingerprint density at radius 3 is 2.42 bits per heavy atom. The third-order valence-corrected chi connectivity index (χ3v) is 2.30. The van der Waals surface area contributed by atoms with Crippen molar-refractivity contribution in [3.05, 3.63) is 42.5 Å². The van der Waals surface area contributed by atoms with Crippen LogP contribution in [0.4, 0.5) is 13.2 Å². The Kier molecular flexibility index (Phi) is 4.97. The van der Waals surface area contributed by atoms with Gasteiger partial charge in [-0.3, -0.25) is 4.79 Å². The summed E-state index contributed by atoms with van der Waals surface area (Å²) in [6.45, 7) is 3.74. The molecule has 0 aromatic heterocycles. The maximum absolute atomic E-state index is 12.2. The number of hydrogen-bond donors (Lipinski definition) is 0. The van der Waals surface area contributed by atoms with Crippen molar-refractivity contribution in [3.8, 4) is 5.75 Å². The lowest BCUT2D eigenvalue weighted by Gasteiger charge is -2.18. The molecule has 0 spiro atoms. The summed E-state index contributed by atoms with van der Waals surface area (Å²) in [7, 11) is 1.11. The van der Waals surface area contributed by atoms with Crippen molar-refractivity contribution in [2.24, 2.45) is 0 Å². The summed E-state index contributed by atoms with van der Waals surface area (Å²) in [4.78, 5) is 11.6. The van der Waals surface area contributed by atoms with Gasteiger partial charge in [-0.1, -0.05) is 24.8 Å². The fourth-order valence-corrected chi connectivity index (χ4v) is 1.41. The fourth-order valence-electron chi connectivity index (χ4n) is 1.41. The smallest absolute Gasteiger partial charge is 0.471 e. The average molecular weight is 273 g/mol. The minimum Gasteiger partial charge on any atom is -0.490 e. The van der Waals surface area contributed by atoms with Crippen LogP contribution in [0.15, 0.2) is 36.9 Å². The van der Waals surface area contributed by atoms with E-state index in [4.69, 9.17) is 4.74 Å². The van der Waals surface area contributed by atoms with Gasteiger partial charge in [-0.15, -0.1) is 0 Å². The van der Waals surface area contributed by atoms with Crippen molar-refractivity contribution in [2.45, 2.75) is 12.7 Å². The fraction of sp³-hybridized carbons (Fsp3) is 0.308. The highest BCUT2D eigenvalue weighted by molar-refractivity contribution is 5.81. The molecule has 104 valence electrons. The molecule has 6 heteroatoms. The molecule has 0 saturated carbocycles. The number of hydrogen-bond acceptors (Lipinski definition) is 2. The highest BCUT2D eigenvalue weighted by atomic mass is 19.4. The number of amides is 1. The summed E-state index contributed by atoms with van der Waals surface area (Å²) in [5, 5.41) is 0. The van der Waals surface area contributed by atoms with Crippen LogP contribution in [0.2, 0.25) is 0 Å². The second kappa shape index (κ2) is 6.26. The maximum atomic E-state index is 12.2. The van der Waals surface area contributed by atoms with E-state index in [1.165, 1.54) is 0 Å². The highest BCUT2D eigenvalue weighted by Gasteiger charge is 2.41. The van der Waals surface area contributed by atoms with Crippen molar-refractivity contribution in [2.75, 3.05) is 13.7 Å². The van der Waals surface area contributed by atoms with Crippen molar-refractivity contribution in [1.29, 1.82) is 0 Å². The molecule has 0 heterocycles. The Labute approximate surface area is 109 Å². The Balaban J connectivity index is 2.62. The molecule has 1 aromatic rings. The molecular formula is C13H14F3NO2. The van der Waals surface area contributed by atoms with Crippen LogP contribution in [0.5, 0.6) is 5.75 Å². The van der Waals surface area contributed by atoms with Gasteiger partial charge in [0, 0.05) is 13.6 Å². The van der Waals surface area contributed by atoms with Gasteiger partial charge in [-0.25, -0.2) is 0 Å². The van der Waals surface area contributed by atoms with Crippen LogP contribution in [-0.4, -0.2) is 30.6 Å². The minimum atomic E-state index is -4.85. The average Bonchev–Trinajstić information content (AvgIpc) is 2.36. The minimum absolute atomic E-state index is 0.111. The SMILES string of the molecule is C=CCOc1ccc(CN(C)C(=O)C(F)(F)F)cc1. The Bertz CT molecular complexity index is 440. The first-order valence-electron chi connectivity index (χ1n) is 5.49. The van der Waals surface area contributed by atoms with Gasteiger partial charge in [-0.2, -0.15) is 13.2 Å². The normalized spacial score (nSPS) is 10.9. The molecule has 0 unspecified atom stereocenters. The van der Waals surface area contributed by atoms with Crippen molar-refractivity contribution in [3.63, 3.8) is 0 Å². The number of nitrogens with zero attached hydrogens (tertiary/aromatic N) is 1. The van der Waals surface area contributed by atoms with E-state index in [1.807, 2.05) is 0 Å². The second-order valence-electron chi connectivity index (χ2n) is 3.90. The number of halogens is 3. The Morgan fingerprint density at radius 1 is 1.37 bits per heavy atom. The van der Waals surface area contributed by atoms with Gasteiger partial charge in [0.25, 0.3) is 0 Å². The second-order valence-corrected chi connectivity index (χ2v) is 3.90. The third kappa shape index (κ3) is 4.65. The van der Waals surface area contributed by atoms with Crippen LogP contribution in [-0.2, 0) is 11.3 Å². The first-order chi connectivity index (χ1) is 8.84. The van der Waals surface area contributed by atoms with E-state index in [-0.39, 0.29) is 6.54 Å². The lowest BCUT2D eigenvalue weighted by Crippen LogP contribution is -2.37.